The van der Waals surface area contributed by atoms with Crippen LogP contribution < -0.4 is 4.74 Å². The predicted molar refractivity (Wildman–Crippen MR) is 131 cm³/mol. The van der Waals surface area contributed by atoms with Crippen molar-refractivity contribution in [3.63, 3.8) is 0 Å². The zero-order valence-corrected chi connectivity index (χ0v) is 19.3. The van der Waals surface area contributed by atoms with Crippen molar-refractivity contribution in [2.75, 3.05) is 19.4 Å². The van der Waals surface area contributed by atoms with Gasteiger partial charge in [0.25, 0.3) is 0 Å². The first kappa shape index (κ1) is 21.0. The van der Waals surface area contributed by atoms with Crippen LogP contribution in [0.25, 0.3) is 10.9 Å². The highest BCUT2D eigenvalue weighted by Gasteiger charge is 2.32. The molecule has 1 N–H and O–H groups in total. The number of aryl methyl sites for hydroxylation is 1. The lowest BCUT2D eigenvalue weighted by atomic mass is 9.97. The molecule has 0 fully saturated rings. The van der Waals surface area contributed by atoms with Gasteiger partial charge in [0.1, 0.15) is 5.75 Å². The molecule has 3 aromatic carbocycles. The molecule has 32 heavy (non-hydrogen) atoms. The minimum Gasteiger partial charge on any atom is -0.497 e. The molecule has 0 spiro atoms. The Morgan fingerprint density at radius 2 is 1.78 bits per heavy atom. The van der Waals surface area contributed by atoms with E-state index < -0.39 is 10.8 Å². The molecule has 2 heterocycles. The highest BCUT2D eigenvalue weighted by atomic mass is 32.2. The van der Waals surface area contributed by atoms with Crippen molar-refractivity contribution in [1.82, 2.24) is 9.88 Å². The fourth-order valence-corrected chi connectivity index (χ4v) is 5.94. The van der Waals surface area contributed by atoms with Crippen LogP contribution in [-0.4, -0.2) is 33.5 Å². The summed E-state index contributed by atoms with van der Waals surface area (Å²) in [6.07, 6.45) is 0.989. The summed E-state index contributed by atoms with van der Waals surface area (Å²) >= 11 is 0. The Morgan fingerprint density at radius 1 is 1.03 bits per heavy atom. The van der Waals surface area contributed by atoms with Gasteiger partial charge in [0, 0.05) is 40.3 Å². The Morgan fingerprint density at radius 3 is 2.53 bits per heavy atom. The number of ether oxygens (including phenoxy) is 1. The summed E-state index contributed by atoms with van der Waals surface area (Å²) in [4.78, 5) is 7.03. The third kappa shape index (κ3) is 4.10. The molecule has 4 nitrogen and oxygen atoms in total. The summed E-state index contributed by atoms with van der Waals surface area (Å²) in [5, 5.41) is 1.29. The van der Waals surface area contributed by atoms with Gasteiger partial charge in [-0.15, -0.1) is 0 Å². The number of aromatic amines is 1. The summed E-state index contributed by atoms with van der Waals surface area (Å²) in [6, 6.07) is 24.9. The molecular formula is C27H28N2O2S. The number of nitrogens with zero attached hydrogens (tertiary/aromatic N) is 1. The maximum absolute atomic E-state index is 13.4. The Hall–Kier alpha value is -2.89. The molecule has 0 saturated carbocycles. The first-order chi connectivity index (χ1) is 15.6. The second kappa shape index (κ2) is 8.93. The van der Waals surface area contributed by atoms with E-state index in [1.54, 1.807) is 7.11 Å². The SMILES string of the molecule is COc1ccc(CN2CCc3c([nH]c4ccccc34)[C@H]2CS(=O)c2ccc(C)cc2)cc1. The molecule has 2 atom stereocenters. The van der Waals surface area contributed by atoms with Gasteiger partial charge < -0.3 is 9.72 Å². The zero-order valence-electron chi connectivity index (χ0n) is 18.5. The quantitative estimate of drug-likeness (QED) is 0.434. The normalized spacial score (nSPS) is 17.2. The van der Waals surface area contributed by atoms with E-state index in [4.69, 9.17) is 4.74 Å². The molecule has 5 rings (SSSR count). The van der Waals surface area contributed by atoms with E-state index in [2.05, 4.69) is 53.2 Å². The number of benzene rings is 3. The molecule has 164 valence electrons. The third-order valence-corrected chi connectivity index (χ3v) is 7.82. The zero-order chi connectivity index (χ0) is 22.1. The lowest BCUT2D eigenvalue weighted by Gasteiger charge is -2.35. The molecule has 1 aliphatic rings. The summed E-state index contributed by atoms with van der Waals surface area (Å²) in [5.41, 5.74) is 6.16. The molecule has 0 radical (unpaired) electrons. The maximum atomic E-state index is 13.4. The third-order valence-electron chi connectivity index (χ3n) is 6.41. The van der Waals surface area contributed by atoms with Gasteiger partial charge in [-0.25, -0.2) is 0 Å². The topological polar surface area (TPSA) is 45.3 Å². The maximum Gasteiger partial charge on any atom is 0.118 e. The van der Waals surface area contributed by atoms with E-state index in [1.807, 2.05) is 36.4 Å². The number of aromatic nitrogens is 1. The first-order valence-corrected chi connectivity index (χ1v) is 12.4. The molecule has 0 bridgehead atoms. The van der Waals surface area contributed by atoms with Crippen molar-refractivity contribution in [2.45, 2.75) is 30.8 Å². The minimum absolute atomic E-state index is 0.0652. The molecular weight excluding hydrogens is 416 g/mol. The molecule has 1 aliphatic heterocycles. The van der Waals surface area contributed by atoms with Crippen LogP contribution >= 0.6 is 0 Å². The molecule has 1 unspecified atom stereocenters. The van der Waals surface area contributed by atoms with Crippen LogP contribution in [0.4, 0.5) is 0 Å². The number of methoxy groups -OCH3 is 1. The lowest BCUT2D eigenvalue weighted by molar-refractivity contribution is 0.189. The van der Waals surface area contributed by atoms with E-state index >= 15 is 0 Å². The number of fused-ring (bicyclic) bond motifs is 3. The summed E-state index contributed by atoms with van der Waals surface area (Å²) in [7, 11) is 0.604. The predicted octanol–water partition coefficient (Wildman–Crippen LogP) is 5.39. The van der Waals surface area contributed by atoms with Crippen molar-refractivity contribution in [3.05, 3.63) is 95.2 Å². The molecule has 0 amide bonds. The summed E-state index contributed by atoms with van der Waals surface area (Å²) in [5.74, 6) is 1.43. The Bertz CT molecular complexity index is 1250. The van der Waals surface area contributed by atoms with Crippen LogP contribution in [-0.2, 0) is 23.8 Å². The van der Waals surface area contributed by atoms with Crippen LogP contribution in [0.5, 0.6) is 5.75 Å². The van der Waals surface area contributed by atoms with E-state index in [-0.39, 0.29) is 6.04 Å². The minimum atomic E-state index is -1.08. The van der Waals surface area contributed by atoms with Crippen LogP contribution in [0.2, 0.25) is 0 Å². The van der Waals surface area contributed by atoms with Crippen molar-refractivity contribution < 1.29 is 8.95 Å². The number of para-hydroxylation sites is 1. The average molecular weight is 445 g/mol. The average Bonchev–Trinajstić information content (AvgIpc) is 3.20. The number of hydrogen-bond acceptors (Lipinski definition) is 3. The highest BCUT2D eigenvalue weighted by Crippen LogP contribution is 2.36. The number of H-pyrrole nitrogens is 1. The molecule has 0 aliphatic carbocycles. The summed E-state index contributed by atoms with van der Waals surface area (Å²) in [6.45, 7) is 3.81. The second-order valence-corrected chi connectivity index (χ2v) is 9.97. The Labute approximate surface area is 191 Å². The first-order valence-electron chi connectivity index (χ1n) is 11.0. The fraction of sp³-hybridized carbons (Fsp3) is 0.259. The van der Waals surface area contributed by atoms with Crippen molar-refractivity contribution >= 4 is 21.7 Å². The van der Waals surface area contributed by atoms with Gasteiger partial charge >= 0.3 is 0 Å². The monoisotopic (exact) mass is 444 g/mol. The Balaban J connectivity index is 1.48. The number of rotatable bonds is 6. The molecule has 5 heteroatoms. The van der Waals surface area contributed by atoms with Crippen molar-refractivity contribution in [2.24, 2.45) is 0 Å². The van der Waals surface area contributed by atoms with Gasteiger partial charge in [-0.3, -0.25) is 9.11 Å². The van der Waals surface area contributed by atoms with E-state index in [0.29, 0.717) is 5.75 Å². The standard InChI is InChI=1S/C27H28N2O2S/c1-19-7-13-22(14-8-19)32(30)18-26-27-24(23-5-3-4-6-25(23)28-27)15-16-29(26)17-20-9-11-21(31-2)12-10-20/h3-14,26,28H,15-18H2,1-2H3/t26-,32?/m1/s1. The van der Waals surface area contributed by atoms with E-state index in [0.717, 1.165) is 35.7 Å². The smallest absolute Gasteiger partial charge is 0.118 e. The number of hydrogen-bond donors (Lipinski definition) is 1. The van der Waals surface area contributed by atoms with Gasteiger partial charge in [0.05, 0.1) is 24.0 Å². The summed E-state index contributed by atoms with van der Waals surface area (Å²) < 4.78 is 18.7. The van der Waals surface area contributed by atoms with Crippen LogP contribution in [0.3, 0.4) is 0 Å². The van der Waals surface area contributed by atoms with Gasteiger partial charge in [0.2, 0.25) is 0 Å². The molecule has 4 aromatic rings. The van der Waals surface area contributed by atoms with Gasteiger partial charge in [-0.2, -0.15) is 0 Å². The van der Waals surface area contributed by atoms with Crippen LogP contribution in [0, 0.1) is 6.92 Å². The van der Waals surface area contributed by atoms with Crippen molar-refractivity contribution in [1.29, 1.82) is 0 Å². The largest absolute Gasteiger partial charge is 0.497 e. The highest BCUT2D eigenvalue weighted by molar-refractivity contribution is 7.85. The number of nitrogens with one attached hydrogen (secondary N) is 1. The Kier molecular flexibility index (Phi) is 5.85. The van der Waals surface area contributed by atoms with Gasteiger partial charge in [0.15, 0.2) is 0 Å². The van der Waals surface area contributed by atoms with Gasteiger partial charge in [-0.05, 0) is 54.8 Å². The second-order valence-electron chi connectivity index (χ2n) is 8.47. The fourth-order valence-electron chi connectivity index (χ4n) is 4.64. The molecule has 1 aromatic heterocycles. The molecule has 0 saturated heterocycles. The van der Waals surface area contributed by atoms with Gasteiger partial charge in [-0.1, -0.05) is 48.0 Å². The lowest BCUT2D eigenvalue weighted by Crippen LogP contribution is -2.37. The van der Waals surface area contributed by atoms with Crippen molar-refractivity contribution in [3.8, 4) is 5.75 Å². The van der Waals surface area contributed by atoms with Crippen LogP contribution in [0.1, 0.15) is 28.4 Å². The van der Waals surface area contributed by atoms with E-state index in [9.17, 15) is 4.21 Å². The van der Waals surface area contributed by atoms with E-state index in [1.165, 1.54) is 27.8 Å². The van der Waals surface area contributed by atoms with Crippen LogP contribution in [0.15, 0.2) is 77.7 Å².